The minimum absolute atomic E-state index is 0.0521. The van der Waals surface area contributed by atoms with Crippen molar-refractivity contribution in [2.75, 3.05) is 58.2 Å². The van der Waals surface area contributed by atoms with Gasteiger partial charge in [-0.15, -0.1) is 21.5 Å². The van der Waals surface area contributed by atoms with E-state index in [2.05, 4.69) is 47.3 Å². The standard InChI is InChI=1S/C49H56N10O6S/c1-31(2)45(49(63)59-29-37(60)25-41(59)48(62)52-32(3)34-11-13-35(14-12-34)46-33(4)51-30-66-46)43-27-44(55-65-43)64-24-23-57-21-19-56(20-22-57)16-7-8-17-58-18-15-36(28-58)39-26-40(53-54-47(39)50)38-9-5-6-10-42(38)61/h5-6,9-15,18,26-28,30-32,37,41,45,60-61H,16-17,19-25,29H2,1-4H3,(H2,50,54)(H,52,62)/t32-,37+,41-,45+/m0/s1. The number of phenolic OH excluding ortho intramolecular Hbond substituents is 1. The average molecular weight is 913 g/mol. The van der Waals surface area contributed by atoms with Crippen LogP contribution in [0.5, 0.6) is 11.6 Å². The molecule has 2 saturated heterocycles. The van der Waals surface area contributed by atoms with Gasteiger partial charge in [-0.25, -0.2) is 4.98 Å². The Labute approximate surface area is 388 Å². The molecule has 66 heavy (non-hydrogen) atoms. The molecule has 5 N–H and O–H groups in total. The molecule has 6 aromatic rings. The van der Waals surface area contributed by atoms with Gasteiger partial charge in [0.2, 0.25) is 11.8 Å². The monoisotopic (exact) mass is 912 g/mol. The van der Waals surface area contributed by atoms with Crippen molar-refractivity contribution in [1.29, 1.82) is 0 Å². The first-order valence-corrected chi connectivity index (χ1v) is 23.2. The lowest BCUT2D eigenvalue weighted by Crippen LogP contribution is -2.48. The second-order valence-corrected chi connectivity index (χ2v) is 18.1. The van der Waals surface area contributed by atoms with Gasteiger partial charge in [0.1, 0.15) is 24.3 Å². The van der Waals surface area contributed by atoms with Gasteiger partial charge in [-0.05, 0) is 60.3 Å². The van der Waals surface area contributed by atoms with Gasteiger partial charge >= 0.3 is 0 Å². The molecule has 16 nitrogen and oxygen atoms in total. The molecule has 0 aliphatic carbocycles. The largest absolute Gasteiger partial charge is 0.507 e. The molecule has 344 valence electrons. The fourth-order valence-corrected chi connectivity index (χ4v) is 9.33. The van der Waals surface area contributed by atoms with Crippen molar-refractivity contribution < 1.29 is 29.1 Å². The molecule has 4 atom stereocenters. The molecule has 8 rings (SSSR count). The summed E-state index contributed by atoms with van der Waals surface area (Å²) in [6.45, 7) is 13.6. The Morgan fingerprint density at radius 1 is 0.970 bits per heavy atom. The molecule has 0 spiro atoms. The van der Waals surface area contributed by atoms with Gasteiger partial charge in [-0.2, -0.15) is 0 Å². The summed E-state index contributed by atoms with van der Waals surface area (Å²) in [7, 11) is 0. The molecule has 2 amide bonds. The summed E-state index contributed by atoms with van der Waals surface area (Å²) in [5.74, 6) is 6.18. The van der Waals surface area contributed by atoms with Gasteiger partial charge in [-0.1, -0.05) is 62.1 Å². The third-order valence-electron chi connectivity index (χ3n) is 12.3. The first-order chi connectivity index (χ1) is 31.9. The molecule has 17 heteroatoms. The fourth-order valence-electron chi connectivity index (χ4n) is 8.52. The number of para-hydroxylation sites is 1. The first-order valence-electron chi connectivity index (χ1n) is 22.3. The summed E-state index contributed by atoms with van der Waals surface area (Å²) in [6.07, 6.45) is 3.26. The Hall–Kier alpha value is -6.58. The number of likely N-dealkylation sites (tertiary alicyclic amines) is 1. The molecule has 0 bridgehead atoms. The lowest BCUT2D eigenvalue weighted by Gasteiger charge is -2.33. The summed E-state index contributed by atoms with van der Waals surface area (Å²) in [5.41, 5.74) is 13.7. The number of hydrogen-bond donors (Lipinski definition) is 4. The number of β-amino-alcohol motifs (C(OH)–C–C–N with tert-alkyl or cyclic N) is 1. The number of aliphatic hydroxyl groups is 1. The van der Waals surface area contributed by atoms with Gasteiger partial charge < -0.3 is 40.0 Å². The molecule has 2 aromatic carbocycles. The van der Waals surface area contributed by atoms with Crippen molar-refractivity contribution in [3.8, 4) is 56.3 Å². The van der Waals surface area contributed by atoms with E-state index in [1.807, 2.05) is 92.6 Å². The molecular formula is C49H56N10O6S. The van der Waals surface area contributed by atoms with E-state index in [1.165, 1.54) is 4.90 Å². The minimum atomic E-state index is -0.828. The number of ether oxygens (including phenoxy) is 1. The van der Waals surface area contributed by atoms with Crippen molar-refractivity contribution in [3.63, 3.8) is 0 Å². The van der Waals surface area contributed by atoms with Crippen LogP contribution in [0.3, 0.4) is 0 Å². The lowest BCUT2D eigenvalue weighted by molar-refractivity contribution is -0.141. The van der Waals surface area contributed by atoms with E-state index in [0.717, 1.165) is 59.0 Å². The molecule has 0 saturated carbocycles. The molecule has 2 fully saturated rings. The summed E-state index contributed by atoms with van der Waals surface area (Å²) in [4.78, 5) is 39.5. The van der Waals surface area contributed by atoms with Crippen molar-refractivity contribution in [2.24, 2.45) is 5.92 Å². The van der Waals surface area contributed by atoms with E-state index in [0.29, 0.717) is 55.0 Å². The smallest absolute Gasteiger partial charge is 0.254 e. The number of rotatable bonds is 15. The SMILES string of the molecule is Cc1ncsc1-c1ccc([C@H](C)NC(=O)[C@@H]2C[C@@H](O)CN2C(=O)[C@@H](c2cc(OCCN3CCN(CC#CCn4ccc(-c5cc(-c6ccccc6O)nnc5N)c4)CC3)no2)C(C)C)cc1. The lowest BCUT2D eigenvalue weighted by atomic mass is 9.91. The fraction of sp³-hybridized carbons (Fsp3) is 0.388. The average Bonchev–Trinajstić information content (AvgIpc) is 4.15. The molecule has 6 heterocycles. The van der Waals surface area contributed by atoms with Crippen LogP contribution in [0.4, 0.5) is 5.82 Å². The number of piperazine rings is 1. The molecule has 4 aromatic heterocycles. The predicted molar refractivity (Wildman–Crippen MR) is 252 cm³/mol. The van der Waals surface area contributed by atoms with Crippen LogP contribution < -0.4 is 15.8 Å². The maximum Gasteiger partial charge on any atom is 0.254 e. The highest BCUT2D eigenvalue weighted by atomic mass is 32.1. The zero-order chi connectivity index (χ0) is 46.3. The number of hydrogen-bond acceptors (Lipinski definition) is 14. The highest BCUT2D eigenvalue weighted by Gasteiger charge is 2.43. The normalized spacial score (nSPS) is 17.6. The summed E-state index contributed by atoms with van der Waals surface area (Å²) in [5, 5.41) is 36.5. The number of carbonyl (C=O) groups excluding carboxylic acids is 2. The number of nitrogens with one attached hydrogen (secondary N) is 1. The second kappa shape index (κ2) is 20.7. The second-order valence-electron chi connectivity index (χ2n) is 17.2. The van der Waals surface area contributed by atoms with E-state index in [9.17, 15) is 19.8 Å². The number of nitrogens with two attached hydrogens (primary N) is 1. The molecule has 2 aliphatic heterocycles. The summed E-state index contributed by atoms with van der Waals surface area (Å²) in [6, 6.07) is 19.3. The van der Waals surface area contributed by atoms with E-state index in [-0.39, 0.29) is 42.5 Å². The zero-order valence-electron chi connectivity index (χ0n) is 37.6. The number of aromatic hydroxyl groups is 1. The van der Waals surface area contributed by atoms with E-state index in [4.69, 9.17) is 15.0 Å². The summed E-state index contributed by atoms with van der Waals surface area (Å²) < 4.78 is 13.7. The van der Waals surface area contributed by atoms with Gasteiger partial charge in [0, 0.05) is 80.8 Å². The molecule has 2 aliphatic rings. The van der Waals surface area contributed by atoms with Gasteiger partial charge in [0.25, 0.3) is 5.88 Å². The van der Waals surface area contributed by atoms with Crippen molar-refractivity contribution in [3.05, 3.63) is 102 Å². The number of anilines is 1. The number of thiazole rings is 1. The van der Waals surface area contributed by atoms with Crippen molar-refractivity contribution in [2.45, 2.75) is 64.8 Å². The Bertz CT molecular complexity index is 2680. The van der Waals surface area contributed by atoms with E-state index >= 15 is 0 Å². The van der Waals surface area contributed by atoms with E-state index in [1.54, 1.807) is 35.6 Å². The first kappa shape index (κ1) is 46.0. The molecule has 0 radical (unpaired) electrons. The number of amides is 2. The zero-order valence-corrected chi connectivity index (χ0v) is 38.4. The number of nitrogens with zero attached hydrogens (tertiary/aromatic N) is 8. The number of benzene rings is 2. The maximum absolute atomic E-state index is 14.2. The molecule has 0 unspecified atom stereocenters. The third-order valence-corrected chi connectivity index (χ3v) is 13.2. The van der Waals surface area contributed by atoms with Crippen LogP contribution in [-0.2, 0) is 16.1 Å². The van der Waals surface area contributed by atoms with Crippen LogP contribution in [0.25, 0.3) is 32.8 Å². The quantitative estimate of drug-likeness (QED) is 0.0930. The van der Waals surface area contributed by atoms with Crippen LogP contribution in [0.2, 0.25) is 0 Å². The number of aryl methyl sites for hydroxylation is 1. The van der Waals surface area contributed by atoms with Crippen LogP contribution in [-0.4, -0.2) is 126 Å². The van der Waals surface area contributed by atoms with Crippen LogP contribution in [0, 0.1) is 24.7 Å². The highest BCUT2D eigenvalue weighted by Crippen LogP contribution is 2.34. The third kappa shape index (κ3) is 10.7. The Morgan fingerprint density at radius 2 is 1.73 bits per heavy atom. The van der Waals surface area contributed by atoms with E-state index < -0.39 is 18.1 Å². The number of aromatic nitrogens is 5. The van der Waals surface area contributed by atoms with Gasteiger partial charge in [-0.3, -0.25) is 19.4 Å². The number of aliphatic hydroxyl groups excluding tert-OH is 1. The Morgan fingerprint density at radius 3 is 2.47 bits per heavy atom. The topological polar surface area (TPSA) is 201 Å². The Balaban J connectivity index is 0.774. The Kier molecular flexibility index (Phi) is 14.4. The van der Waals surface area contributed by atoms with Gasteiger partial charge in [0.05, 0.1) is 47.0 Å². The van der Waals surface area contributed by atoms with Crippen LogP contribution in [0.15, 0.2) is 89.2 Å². The highest BCUT2D eigenvalue weighted by molar-refractivity contribution is 7.13. The summed E-state index contributed by atoms with van der Waals surface area (Å²) >= 11 is 1.59. The molecular weight excluding hydrogens is 857 g/mol. The predicted octanol–water partition coefficient (Wildman–Crippen LogP) is 5.60. The minimum Gasteiger partial charge on any atom is -0.507 e. The maximum atomic E-state index is 14.2. The van der Waals surface area contributed by atoms with Crippen molar-refractivity contribution >= 4 is 29.0 Å². The van der Waals surface area contributed by atoms with Crippen molar-refractivity contribution in [1.82, 2.24) is 44.9 Å². The number of carbonyl (C=O) groups is 2. The van der Waals surface area contributed by atoms with Crippen LogP contribution >= 0.6 is 11.3 Å². The number of nitrogen functional groups attached to an aromatic ring is 1. The van der Waals surface area contributed by atoms with Gasteiger partial charge in [0.15, 0.2) is 11.6 Å². The number of phenols is 1. The van der Waals surface area contributed by atoms with Crippen LogP contribution in [0.1, 0.15) is 56.2 Å².